The highest BCUT2D eigenvalue weighted by molar-refractivity contribution is 7.98. The summed E-state index contributed by atoms with van der Waals surface area (Å²) < 4.78 is 25.6. The third-order valence-corrected chi connectivity index (χ3v) is 6.46. The maximum Gasteiger partial charge on any atom is 0.220 e. The molecule has 0 fully saturated rings. The minimum atomic E-state index is -3.96. The number of aromatic nitrogens is 2. The normalized spacial score (nSPS) is 11.8. The van der Waals surface area contributed by atoms with E-state index in [0.717, 1.165) is 17.1 Å². The molecule has 3 N–H and O–H groups in total. The number of benzene rings is 1. The summed E-state index contributed by atoms with van der Waals surface area (Å²) in [6, 6.07) is 9.63. The highest BCUT2D eigenvalue weighted by atomic mass is 32.2. The second-order valence-electron chi connectivity index (χ2n) is 5.64. The van der Waals surface area contributed by atoms with Crippen LogP contribution in [-0.4, -0.2) is 37.2 Å². The summed E-state index contributed by atoms with van der Waals surface area (Å²) in [5.41, 5.74) is 2.01. The zero-order chi connectivity index (χ0) is 20.4. The van der Waals surface area contributed by atoms with Gasteiger partial charge in [0.1, 0.15) is 11.9 Å². The number of terminal acetylenes is 1. The van der Waals surface area contributed by atoms with Crippen LogP contribution in [0, 0.1) is 30.6 Å². The molecule has 1 heterocycles. The van der Waals surface area contributed by atoms with Crippen LogP contribution in [0.25, 0.3) is 0 Å². The highest BCUT2D eigenvalue weighted by Crippen LogP contribution is 2.20. The van der Waals surface area contributed by atoms with Crippen LogP contribution in [0.3, 0.4) is 0 Å². The fraction of sp³-hybridized carbons (Fsp3) is 0.263. The van der Waals surface area contributed by atoms with Gasteiger partial charge in [0.05, 0.1) is 23.5 Å². The summed E-state index contributed by atoms with van der Waals surface area (Å²) in [6.45, 7) is 2.49. The summed E-state index contributed by atoms with van der Waals surface area (Å²) in [5, 5.41) is 15.3. The van der Waals surface area contributed by atoms with Crippen molar-refractivity contribution in [1.29, 1.82) is 5.26 Å². The SMILES string of the molecule is C#CCN/C(NCCSCc1[nH]cnc1C)=C(\C#N)S(=O)(=O)c1ccccc1. The van der Waals surface area contributed by atoms with E-state index in [1.807, 2.05) is 6.92 Å². The van der Waals surface area contributed by atoms with Gasteiger partial charge in [0.25, 0.3) is 0 Å². The Morgan fingerprint density at radius 1 is 1.32 bits per heavy atom. The minimum Gasteiger partial charge on any atom is -0.369 e. The Bertz CT molecular complexity index is 999. The number of allylic oxidation sites excluding steroid dienone is 1. The van der Waals surface area contributed by atoms with Gasteiger partial charge in [-0.2, -0.15) is 17.0 Å². The Balaban J connectivity index is 2.10. The van der Waals surface area contributed by atoms with Crippen LogP contribution < -0.4 is 10.6 Å². The molecule has 2 rings (SSSR count). The van der Waals surface area contributed by atoms with Gasteiger partial charge in [0, 0.05) is 23.7 Å². The Kier molecular flexibility index (Phi) is 8.00. The van der Waals surface area contributed by atoms with Crippen molar-refractivity contribution in [2.24, 2.45) is 0 Å². The van der Waals surface area contributed by atoms with E-state index in [1.165, 1.54) is 12.1 Å². The standard InChI is InChI=1S/C19H21N5O2S2/c1-3-9-21-19(22-10-11-27-13-17-15(2)23-14-24-17)18(12-20)28(25,26)16-7-5-4-6-8-16/h1,4-8,14,21-22H,9-11,13H2,2H3,(H,23,24)/b19-18-. The second kappa shape index (κ2) is 10.5. The van der Waals surface area contributed by atoms with Crippen LogP contribution in [0.5, 0.6) is 0 Å². The van der Waals surface area contributed by atoms with Gasteiger partial charge in [-0.15, -0.1) is 6.42 Å². The smallest absolute Gasteiger partial charge is 0.220 e. The Hall–Kier alpha value is -2.88. The van der Waals surface area contributed by atoms with Crippen molar-refractivity contribution in [2.45, 2.75) is 17.6 Å². The number of imidazole rings is 1. The van der Waals surface area contributed by atoms with Crippen molar-refractivity contribution < 1.29 is 8.42 Å². The van der Waals surface area contributed by atoms with E-state index in [1.54, 1.807) is 42.4 Å². The molecule has 0 aliphatic rings. The maximum absolute atomic E-state index is 12.8. The molecular weight excluding hydrogens is 394 g/mol. The number of rotatable bonds is 10. The number of nitrogens with one attached hydrogen (secondary N) is 3. The molecule has 0 bridgehead atoms. The summed E-state index contributed by atoms with van der Waals surface area (Å²) in [5.74, 6) is 3.96. The summed E-state index contributed by atoms with van der Waals surface area (Å²) in [6.07, 6.45) is 6.93. The van der Waals surface area contributed by atoms with Crippen molar-refractivity contribution in [3.8, 4) is 18.4 Å². The first-order chi connectivity index (χ1) is 13.5. The number of nitrogens with zero attached hydrogens (tertiary/aromatic N) is 2. The summed E-state index contributed by atoms with van der Waals surface area (Å²) in [7, 11) is -3.96. The van der Waals surface area contributed by atoms with E-state index >= 15 is 0 Å². The number of thioether (sulfide) groups is 1. The van der Waals surface area contributed by atoms with Crippen LogP contribution in [0.2, 0.25) is 0 Å². The van der Waals surface area contributed by atoms with Crippen molar-refractivity contribution in [3.05, 3.63) is 58.8 Å². The number of nitriles is 1. The molecule has 0 unspecified atom stereocenters. The third-order valence-electron chi connectivity index (χ3n) is 3.75. The topological polar surface area (TPSA) is 111 Å². The molecule has 2 aromatic rings. The molecule has 0 spiro atoms. The predicted molar refractivity (Wildman–Crippen MR) is 111 cm³/mol. The fourth-order valence-electron chi connectivity index (χ4n) is 2.29. The van der Waals surface area contributed by atoms with E-state index in [4.69, 9.17) is 6.42 Å². The Labute approximate surface area is 169 Å². The maximum atomic E-state index is 12.8. The average Bonchev–Trinajstić information content (AvgIpc) is 3.11. The van der Waals surface area contributed by atoms with Crippen LogP contribution in [0.1, 0.15) is 11.4 Å². The first kappa shape index (κ1) is 21.4. The molecule has 146 valence electrons. The molecule has 0 saturated heterocycles. The van der Waals surface area contributed by atoms with Crippen LogP contribution in [0.4, 0.5) is 0 Å². The number of H-pyrrole nitrogens is 1. The molecule has 28 heavy (non-hydrogen) atoms. The van der Waals surface area contributed by atoms with E-state index in [9.17, 15) is 13.7 Å². The number of hydrogen-bond acceptors (Lipinski definition) is 7. The first-order valence-electron chi connectivity index (χ1n) is 8.43. The number of aromatic amines is 1. The second-order valence-corrected chi connectivity index (χ2v) is 8.63. The quantitative estimate of drug-likeness (QED) is 0.309. The largest absolute Gasteiger partial charge is 0.369 e. The number of hydrogen-bond donors (Lipinski definition) is 3. The molecule has 0 radical (unpaired) electrons. The van der Waals surface area contributed by atoms with E-state index in [2.05, 4.69) is 26.5 Å². The predicted octanol–water partition coefficient (Wildman–Crippen LogP) is 1.93. The Morgan fingerprint density at radius 2 is 2.07 bits per heavy atom. The first-order valence-corrected chi connectivity index (χ1v) is 11.1. The highest BCUT2D eigenvalue weighted by Gasteiger charge is 2.24. The van der Waals surface area contributed by atoms with Gasteiger partial charge >= 0.3 is 0 Å². The molecule has 1 aromatic carbocycles. The summed E-state index contributed by atoms with van der Waals surface area (Å²) in [4.78, 5) is 6.89. The molecule has 9 heteroatoms. The molecule has 0 saturated carbocycles. The van der Waals surface area contributed by atoms with Crippen molar-refractivity contribution >= 4 is 21.6 Å². The molecule has 0 aliphatic heterocycles. The van der Waals surface area contributed by atoms with Gasteiger partial charge < -0.3 is 15.6 Å². The van der Waals surface area contributed by atoms with E-state index in [-0.39, 0.29) is 22.2 Å². The van der Waals surface area contributed by atoms with Gasteiger partial charge in [0.2, 0.25) is 9.84 Å². The zero-order valence-electron chi connectivity index (χ0n) is 15.4. The number of aryl methyl sites for hydroxylation is 1. The lowest BCUT2D eigenvalue weighted by atomic mass is 10.4. The van der Waals surface area contributed by atoms with Crippen LogP contribution in [-0.2, 0) is 15.6 Å². The monoisotopic (exact) mass is 415 g/mol. The van der Waals surface area contributed by atoms with Crippen LogP contribution in [0.15, 0.2) is 52.3 Å². The average molecular weight is 416 g/mol. The molecule has 1 aromatic heterocycles. The van der Waals surface area contributed by atoms with Crippen LogP contribution >= 0.6 is 11.8 Å². The van der Waals surface area contributed by atoms with Gasteiger partial charge in [0.15, 0.2) is 4.91 Å². The Morgan fingerprint density at radius 3 is 2.68 bits per heavy atom. The lowest BCUT2D eigenvalue weighted by molar-refractivity contribution is 0.601. The number of sulfone groups is 1. The van der Waals surface area contributed by atoms with Crippen molar-refractivity contribution in [3.63, 3.8) is 0 Å². The molecular formula is C19H21N5O2S2. The van der Waals surface area contributed by atoms with E-state index in [0.29, 0.717) is 12.3 Å². The van der Waals surface area contributed by atoms with Crippen molar-refractivity contribution in [1.82, 2.24) is 20.6 Å². The fourth-order valence-corrected chi connectivity index (χ4v) is 4.46. The zero-order valence-corrected chi connectivity index (χ0v) is 17.0. The van der Waals surface area contributed by atoms with Gasteiger partial charge in [-0.1, -0.05) is 24.1 Å². The van der Waals surface area contributed by atoms with Gasteiger partial charge in [-0.25, -0.2) is 13.4 Å². The lowest BCUT2D eigenvalue weighted by Gasteiger charge is -2.14. The molecule has 0 aliphatic carbocycles. The van der Waals surface area contributed by atoms with Crippen molar-refractivity contribution in [2.75, 3.05) is 18.8 Å². The lowest BCUT2D eigenvalue weighted by Crippen LogP contribution is -2.31. The third kappa shape index (κ3) is 5.56. The molecule has 7 nitrogen and oxygen atoms in total. The minimum absolute atomic E-state index is 0.0532. The molecule has 0 atom stereocenters. The van der Waals surface area contributed by atoms with Gasteiger partial charge in [-0.3, -0.25) is 0 Å². The van der Waals surface area contributed by atoms with Gasteiger partial charge in [-0.05, 0) is 19.1 Å². The van der Waals surface area contributed by atoms with E-state index < -0.39 is 9.84 Å². The molecule has 0 amide bonds. The summed E-state index contributed by atoms with van der Waals surface area (Å²) >= 11 is 1.66.